The molecule has 0 unspecified atom stereocenters. The molecule has 0 atom stereocenters. The molecule has 0 aliphatic rings. The van der Waals surface area contributed by atoms with Crippen LogP contribution in [0.2, 0.25) is 0 Å². The number of fused-ring (bicyclic) bond motifs is 1. The van der Waals surface area contributed by atoms with Crippen LogP contribution in [0.1, 0.15) is 5.56 Å². The first-order chi connectivity index (χ1) is 14.2. The van der Waals surface area contributed by atoms with Crippen molar-refractivity contribution >= 4 is 10.9 Å². The van der Waals surface area contributed by atoms with E-state index >= 15 is 0 Å². The van der Waals surface area contributed by atoms with Crippen molar-refractivity contribution in [2.75, 3.05) is 14.2 Å². The molecule has 1 heterocycles. The van der Waals surface area contributed by atoms with Gasteiger partial charge < -0.3 is 14.2 Å². The Morgan fingerprint density at radius 3 is 2.34 bits per heavy atom. The first-order valence-corrected chi connectivity index (χ1v) is 9.11. The first-order valence-electron chi connectivity index (χ1n) is 9.11. The average Bonchev–Trinajstić information content (AvgIpc) is 2.78. The molecule has 0 N–H and O–H groups in total. The van der Waals surface area contributed by atoms with E-state index in [-0.39, 0.29) is 5.56 Å². The lowest BCUT2D eigenvalue weighted by Crippen LogP contribution is -2.19. The number of para-hydroxylation sites is 2. The lowest BCUT2D eigenvalue weighted by Gasteiger charge is -2.14. The first kappa shape index (κ1) is 18.6. The third-order valence-electron chi connectivity index (χ3n) is 4.63. The van der Waals surface area contributed by atoms with Crippen molar-refractivity contribution < 1.29 is 14.2 Å². The van der Waals surface area contributed by atoms with E-state index in [2.05, 4.69) is 4.98 Å². The minimum atomic E-state index is -0.215. The number of hydrogen-bond donors (Lipinski definition) is 0. The van der Waals surface area contributed by atoms with E-state index in [0.717, 1.165) is 5.56 Å². The monoisotopic (exact) mass is 388 g/mol. The zero-order chi connectivity index (χ0) is 20.2. The van der Waals surface area contributed by atoms with Crippen LogP contribution in [0.3, 0.4) is 0 Å². The minimum Gasteiger partial charge on any atom is -0.495 e. The molecule has 0 saturated carbocycles. The van der Waals surface area contributed by atoms with Gasteiger partial charge in [-0.05, 0) is 23.8 Å². The lowest BCUT2D eigenvalue weighted by atomic mass is 10.2. The fraction of sp³-hybridized carbons (Fsp3) is 0.130. The van der Waals surface area contributed by atoms with Gasteiger partial charge in [0.2, 0.25) is 0 Å². The summed E-state index contributed by atoms with van der Waals surface area (Å²) < 4.78 is 18.2. The van der Waals surface area contributed by atoms with Gasteiger partial charge in [0.25, 0.3) is 5.56 Å². The Hall–Kier alpha value is -3.80. The maximum atomic E-state index is 13.1. The summed E-state index contributed by atoms with van der Waals surface area (Å²) in [6.07, 6.45) is 1.50. The van der Waals surface area contributed by atoms with E-state index in [1.54, 1.807) is 32.4 Å². The molecule has 146 valence electrons. The Balaban J connectivity index is 1.76. The Bertz CT molecular complexity index is 1200. The van der Waals surface area contributed by atoms with Crippen LogP contribution in [0.25, 0.3) is 16.6 Å². The van der Waals surface area contributed by atoms with Crippen molar-refractivity contribution in [2.24, 2.45) is 0 Å². The van der Waals surface area contributed by atoms with Gasteiger partial charge in [-0.3, -0.25) is 9.36 Å². The van der Waals surface area contributed by atoms with Crippen LogP contribution < -0.4 is 19.8 Å². The van der Waals surface area contributed by atoms with E-state index in [0.29, 0.717) is 40.4 Å². The SMILES string of the molecule is COc1cc2c(=O)n(-c3ccccc3OC)cnc2cc1OCc1ccccc1. The quantitative estimate of drug-likeness (QED) is 0.500. The zero-order valence-electron chi connectivity index (χ0n) is 16.2. The minimum absolute atomic E-state index is 0.215. The molecule has 1 aromatic heterocycles. The number of aromatic nitrogens is 2. The third-order valence-corrected chi connectivity index (χ3v) is 4.63. The molecule has 0 aliphatic heterocycles. The molecule has 0 spiro atoms. The highest BCUT2D eigenvalue weighted by Crippen LogP contribution is 2.31. The van der Waals surface area contributed by atoms with E-state index in [1.165, 1.54) is 10.9 Å². The third kappa shape index (κ3) is 3.65. The van der Waals surface area contributed by atoms with Gasteiger partial charge in [-0.1, -0.05) is 42.5 Å². The average molecular weight is 388 g/mol. The van der Waals surface area contributed by atoms with Gasteiger partial charge in [0.15, 0.2) is 11.5 Å². The topological polar surface area (TPSA) is 62.6 Å². The second-order valence-electron chi connectivity index (χ2n) is 6.39. The van der Waals surface area contributed by atoms with Crippen molar-refractivity contribution in [1.29, 1.82) is 0 Å². The second kappa shape index (κ2) is 8.06. The van der Waals surface area contributed by atoms with Crippen molar-refractivity contribution in [3.8, 4) is 22.9 Å². The second-order valence-corrected chi connectivity index (χ2v) is 6.39. The normalized spacial score (nSPS) is 10.7. The molecule has 0 saturated heterocycles. The summed E-state index contributed by atoms with van der Waals surface area (Å²) in [6, 6.07) is 20.5. The summed E-state index contributed by atoms with van der Waals surface area (Å²) in [5.74, 6) is 1.60. The predicted molar refractivity (Wildman–Crippen MR) is 111 cm³/mol. The van der Waals surface area contributed by atoms with Gasteiger partial charge in [-0.15, -0.1) is 0 Å². The Morgan fingerprint density at radius 1 is 0.862 bits per heavy atom. The van der Waals surface area contributed by atoms with Crippen molar-refractivity contribution in [1.82, 2.24) is 9.55 Å². The van der Waals surface area contributed by atoms with E-state index < -0.39 is 0 Å². The summed E-state index contributed by atoms with van der Waals surface area (Å²) >= 11 is 0. The molecule has 0 radical (unpaired) electrons. The number of rotatable bonds is 6. The van der Waals surface area contributed by atoms with Crippen molar-refractivity contribution in [3.63, 3.8) is 0 Å². The molecule has 6 nitrogen and oxygen atoms in total. The summed E-state index contributed by atoms with van der Waals surface area (Å²) in [7, 11) is 3.11. The van der Waals surface area contributed by atoms with Crippen LogP contribution in [0.5, 0.6) is 17.2 Å². The van der Waals surface area contributed by atoms with Crippen molar-refractivity contribution in [3.05, 3.63) is 89.0 Å². The zero-order valence-corrected chi connectivity index (χ0v) is 16.2. The molecule has 3 aromatic carbocycles. The van der Waals surface area contributed by atoms with Gasteiger partial charge >= 0.3 is 0 Å². The molecular formula is C23H20N2O4. The number of methoxy groups -OCH3 is 2. The van der Waals surface area contributed by atoms with Crippen LogP contribution in [-0.4, -0.2) is 23.8 Å². The smallest absolute Gasteiger partial charge is 0.266 e. The van der Waals surface area contributed by atoms with Gasteiger partial charge in [-0.25, -0.2) is 4.98 Å². The Morgan fingerprint density at radius 2 is 1.59 bits per heavy atom. The largest absolute Gasteiger partial charge is 0.495 e. The number of ether oxygens (including phenoxy) is 3. The Labute approximate surface area is 167 Å². The summed E-state index contributed by atoms with van der Waals surface area (Å²) in [4.78, 5) is 17.6. The molecule has 0 bridgehead atoms. The molecule has 4 rings (SSSR count). The fourth-order valence-corrected chi connectivity index (χ4v) is 3.14. The molecule has 0 aliphatic carbocycles. The lowest BCUT2D eigenvalue weighted by molar-refractivity contribution is 0.285. The number of hydrogen-bond acceptors (Lipinski definition) is 5. The highest BCUT2D eigenvalue weighted by molar-refractivity contribution is 5.82. The van der Waals surface area contributed by atoms with E-state index in [4.69, 9.17) is 14.2 Å². The van der Waals surface area contributed by atoms with Crippen LogP contribution >= 0.6 is 0 Å². The molecule has 0 fully saturated rings. The van der Waals surface area contributed by atoms with Crippen LogP contribution in [-0.2, 0) is 6.61 Å². The standard InChI is InChI=1S/C23H20N2O4/c1-27-20-11-7-6-10-19(20)25-15-24-18-13-22(21(28-2)12-17(18)23(25)26)29-14-16-8-4-3-5-9-16/h3-13,15H,14H2,1-2H3. The molecule has 29 heavy (non-hydrogen) atoms. The maximum absolute atomic E-state index is 13.1. The van der Waals surface area contributed by atoms with Gasteiger partial charge in [0.1, 0.15) is 18.7 Å². The van der Waals surface area contributed by atoms with Crippen LogP contribution in [0.4, 0.5) is 0 Å². The molecule has 6 heteroatoms. The number of nitrogens with zero attached hydrogens (tertiary/aromatic N) is 2. The van der Waals surface area contributed by atoms with E-state index in [1.807, 2.05) is 48.5 Å². The molecule has 0 amide bonds. The van der Waals surface area contributed by atoms with Crippen LogP contribution in [0.15, 0.2) is 77.9 Å². The van der Waals surface area contributed by atoms with Crippen molar-refractivity contribution in [2.45, 2.75) is 6.61 Å². The summed E-state index contributed by atoms with van der Waals surface area (Å²) in [5, 5.41) is 0.433. The van der Waals surface area contributed by atoms with Gasteiger partial charge in [0, 0.05) is 6.07 Å². The van der Waals surface area contributed by atoms with Gasteiger partial charge in [-0.2, -0.15) is 0 Å². The maximum Gasteiger partial charge on any atom is 0.266 e. The fourth-order valence-electron chi connectivity index (χ4n) is 3.14. The predicted octanol–water partition coefficient (Wildman–Crippen LogP) is 3.98. The summed E-state index contributed by atoms with van der Waals surface area (Å²) in [6.45, 7) is 0.390. The molecular weight excluding hydrogens is 368 g/mol. The Kier molecular flexibility index (Phi) is 5.16. The highest BCUT2D eigenvalue weighted by atomic mass is 16.5. The van der Waals surface area contributed by atoms with E-state index in [9.17, 15) is 4.79 Å². The highest BCUT2D eigenvalue weighted by Gasteiger charge is 2.14. The summed E-state index contributed by atoms with van der Waals surface area (Å²) in [5.41, 5.74) is 1.98. The molecule has 4 aromatic rings. The van der Waals surface area contributed by atoms with Crippen LogP contribution in [0, 0.1) is 0 Å². The van der Waals surface area contributed by atoms with Gasteiger partial charge in [0.05, 0.1) is 30.8 Å². The number of benzene rings is 3.